The van der Waals surface area contributed by atoms with E-state index in [9.17, 15) is 14.3 Å². The van der Waals surface area contributed by atoms with Crippen LogP contribution >= 0.6 is 11.3 Å². The van der Waals surface area contributed by atoms with E-state index in [0.717, 1.165) is 5.56 Å². The molecule has 1 unspecified atom stereocenters. The molecule has 110 valence electrons. The quantitative estimate of drug-likeness (QED) is 0.833. The van der Waals surface area contributed by atoms with Crippen molar-refractivity contribution in [3.05, 3.63) is 70.7 Å². The van der Waals surface area contributed by atoms with Crippen LogP contribution in [0.1, 0.15) is 17.2 Å². The molecule has 0 aliphatic carbocycles. The first-order valence-corrected chi connectivity index (χ1v) is 7.40. The molecule has 0 aliphatic rings. The minimum absolute atomic E-state index is 0.249. The summed E-state index contributed by atoms with van der Waals surface area (Å²) in [5.74, 6) is -0.945. The van der Waals surface area contributed by atoms with Gasteiger partial charge >= 0.3 is 0 Å². The molecule has 0 bridgehead atoms. The number of hydrogen-bond acceptors (Lipinski definition) is 3. The first-order chi connectivity index (χ1) is 10.1. The Balaban J connectivity index is 2.15. The molecule has 1 heterocycles. The molecule has 21 heavy (non-hydrogen) atoms. The van der Waals surface area contributed by atoms with E-state index >= 15 is 0 Å². The van der Waals surface area contributed by atoms with Crippen molar-refractivity contribution in [2.75, 3.05) is 6.54 Å². The van der Waals surface area contributed by atoms with E-state index < -0.39 is 17.8 Å². The molecular weight excluding hydrogens is 289 g/mol. The number of amides is 1. The molecule has 0 fully saturated rings. The molecule has 1 amide bonds. The van der Waals surface area contributed by atoms with Crippen molar-refractivity contribution in [2.24, 2.45) is 0 Å². The van der Waals surface area contributed by atoms with Gasteiger partial charge in [-0.2, -0.15) is 11.3 Å². The monoisotopic (exact) mass is 305 g/mol. The van der Waals surface area contributed by atoms with Gasteiger partial charge in [0.15, 0.2) is 6.10 Å². The van der Waals surface area contributed by atoms with E-state index in [1.165, 1.54) is 29.2 Å². The standard InChI is InChI=1S/C16H16FNO2S/c1-2-7-18(10-12-6-8-21-11-12)16(20)15(19)13-4-3-5-14(17)9-13/h2-6,8-9,11,15,19H,1,7,10H2. The highest BCUT2D eigenvalue weighted by Gasteiger charge is 2.23. The minimum Gasteiger partial charge on any atom is -0.378 e. The fourth-order valence-corrected chi connectivity index (χ4v) is 2.64. The zero-order valence-corrected chi connectivity index (χ0v) is 12.2. The maximum atomic E-state index is 13.2. The molecule has 2 rings (SSSR count). The molecule has 0 saturated heterocycles. The Labute approximate surface area is 127 Å². The highest BCUT2D eigenvalue weighted by molar-refractivity contribution is 7.07. The minimum atomic E-state index is -1.38. The maximum absolute atomic E-state index is 13.2. The smallest absolute Gasteiger partial charge is 0.256 e. The molecule has 1 aromatic carbocycles. The van der Waals surface area contributed by atoms with Gasteiger partial charge in [0.1, 0.15) is 5.82 Å². The molecule has 0 aliphatic heterocycles. The van der Waals surface area contributed by atoms with Crippen LogP contribution in [0.15, 0.2) is 53.7 Å². The maximum Gasteiger partial charge on any atom is 0.256 e. The molecule has 0 radical (unpaired) electrons. The zero-order chi connectivity index (χ0) is 15.2. The van der Waals surface area contributed by atoms with Gasteiger partial charge in [-0.3, -0.25) is 4.79 Å². The first kappa shape index (κ1) is 15.4. The van der Waals surface area contributed by atoms with Crippen molar-refractivity contribution in [2.45, 2.75) is 12.6 Å². The largest absolute Gasteiger partial charge is 0.378 e. The second-order valence-electron chi connectivity index (χ2n) is 4.60. The van der Waals surface area contributed by atoms with E-state index in [1.807, 2.05) is 16.8 Å². The molecule has 1 atom stereocenters. The lowest BCUT2D eigenvalue weighted by Gasteiger charge is -2.23. The zero-order valence-electron chi connectivity index (χ0n) is 11.4. The number of hydrogen-bond donors (Lipinski definition) is 1. The van der Waals surface area contributed by atoms with Crippen LogP contribution in [-0.4, -0.2) is 22.5 Å². The summed E-state index contributed by atoms with van der Waals surface area (Å²) in [6, 6.07) is 7.36. The summed E-state index contributed by atoms with van der Waals surface area (Å²) in [5, 5.41) is 14.0. The van der Waals surface area contributed by atoms with Gasteiger partial charge in [-0.15, -0.1) is 6.58 Å². The average molecular weight is 305 g/mol. The van der Waals surface area contributed by atoms with Gasteiger partial charge in [-0.1, -0.05) is 18.2 Å². The van der Waals surface area contributed by atoms with Crippen LogP contribution in [0.4, 0.5) is 4.39 Å². The number of thiophene rings is 1. The third-order valence-corrected chi connectivity index (χ3v) is 3.75. The van der Waals surface area contributed by atoms with Gasteiger partial charge in [0, 0.05) is 13.1 Å². The fourth-order valence-electron chi connectivity index (χ4n) is 1.98. The van der Waals surface area contributed by atoms with Gasteiger partial charge in [-0.05, 0) is 40.1 Å². The Morgan fingerprint density at radius 2 is 2.29 bits per heavy atom. The van der Waals surface area contributed by atoms with Crippen LogP contribution in [0.3, 0.4) is 0 Å². The Hall–Kier alpha value is -1.98. The lowest BCUT2D eigenvalue weighted by molar-refractivity contribution is -0.140. The number of nitrogens with zero attached hydrogens (tertiary/aromatic N) is 1. The molecular formula is C16H16FNO2S. The number of aliphatic hydroxyl groups is 1. The summed E-state index contributed by atoms with van der Waals surface area (Å²) < 4.78 is 13.2. The van der Waals surface area contributed by atoms with Gasteiger partial charge in [0.05, 0.1) is 0 Å². The lowest BCUT2D eigenvalue weighted by Crippen LogP contribution is -2.34. The van der Waals surface area contributed by atoms with Crippen molar-refractivity contribution >= 4 is 17.2 Å². The summed E-state index contributed by atoms with van der Waals surface area (Å²) in [6.07, 6.45) is 0.224. The van der Waals surface area contributed by atoms with Crippen molar-refractivity contribution in [1.82, 2.24) is 4.90 Å². The van der Waals surface area contributed by atoms with Gasteiger partial charge < -0.3 is 10.0 Å². The summed E-state index contributed by atoms with van der Waals surface area (Å²) in [7, 11) is 0. The Morgan fingerprint density at radius 1 is 1.48 bits per heavy atom. The van der Waals surface area contributed by atoms with E-state index in [0.29, 0.717) is 13.1 Å². The number of benzene rings is 1. The van der Waals surface area contributed by atoms with Gasteiger partial charge in [-0.25, -0.2) is 4.39 Å². The van der Waals surface area contributed by atoms with Crippen LogP contribution in [-0.2, 0) is 11.3 Å². The van der Waals surface area contributed by atoms with Gasteiger partial charge in [0.2, 0.25) is 0 Å². The number of rotatable bonds is 6. The van der Waals surface area contributed by atoms with Crippen LogP contribution in [0.2, 0.25) is 0 Å². The van der Waals surface area contributed by atoms with Crippen LogP contribution in [0, 0.1) is 5.82 Å². The third kappa shape index (κ3) is 4.00. The van der Waals surface area contributed by atoms with Gasteiger partial charge in [0.25, 0.3) is 5.91 Å². The SMILES string of the molecule is C=CCN(Cc1ccsc1)C(=O)C(O)c1cccc(F)c1. The average Bonchev–Trinajstić information content (AvgIpc) is 2.98. The van der Waals surface area contributed by atoms with Crippen molar-refractivity contribution in [3.8, 4) is 0 Å². The second kappa shape index (κ2) is 7.15. The second-order valence-corrected chi connectivity index (χ2v) is 5.38. The van der Waals surface area contributed by atoms with E-state index in [1.54, 1.807) is 17.4 Å². The number of carbonyl (C=O) groups excluding carboxylic acids is 1. The summed E-state index contributed by atoms with van der Waals surface area (Å²) >= 11 is 1.54. The van der Waals surface area contributed by atoms with Crippen molar-refractivity contribution in [1.29, 1.82) is 0 Å². The van der Waals surface area contributed by atoms with Crippen LogP contribution in [0.5, 0.6) is 0 Å². The highest BCUT2D eigenvalue weighted by Crippen LogP contribution is 2.19. The van der Waals surface area contributed by atoms with Crippen LogP contribution < -0.4 is 0 Å². The summed E-state index contributed by atoms with van der Waals surface area (Å²) in [5.41, 5.74) is 1.24. The number of carbonyl (C=O) groups is 1. The molecule has 2 aromatic rings. The van der Waals surface area contributed by atoms with Crippen LogP contribution in [0.25, 0.3) is 0 Å². The Morgan fingerprint density at radius 3 is 2.90 bits per heavy atom. The normalized spacial score (nSPS) is 11.9. The molecule has 0 saturated carbocycles. The van der Waals surface area contributed by atoms with Crippen molar-refractivity contribution in [3.63, 3.8) is 0 Å². The Bertz CT molecular complexity index is 612. The predicted octanol–water partition coefficient (Wildman–Crippen LogP) is 3.14. The van der Waals surface area contributed by atoms with Crippen molar-refractivity contribution < 1.29 is 14.3 Å². The summed E-state index contributed by atoms with van der Waals surface area (Å²) in [4.78, 5) is 13.9. The number of halogens is 1. The van der Waals surface area contributed by atoms with E-state index in [2.05, 4.69) is 6.58 Å². The fraction of sp³-hybridized carbons (Fsp3) is 0.188. The molecule has 3 nitrogen and oxygen atoms in total. The Kier molecular flexibility index (Phi) is 5.25. The molecule has 0 spiro atoms. The molecule has 5 heteroatoms. The highest BCUT2D eigenvalue weighted by atomic mass is 32.1. The predicted molar refractivity (Wildman–Crippen MR) is 81.3 cm³/mol. The summed E-state index contributed by atoms with van der Waals surface area (Å²) in [6.45, 7) is 4.34. The molecule has 1 N–H and O–H groups in total. The molecule has 1 aromatic heterocycles. The van der Waals surface area contributed by atoms with E-state index in [4.69, 9.17) is 0 Å². The lowest BCUT2D eigenvalue weighted by atomic mass is 10.1. The topological polar surface area (TPSA) is 40.5 Å². The third-order valence-electron chi connectivity index (χ3n) is 3.01. The number of aliphatic hydroxyl groups excluding tert-OH is 1. The van der Waals surface area contributed by atoms with E-state index in [-0.39, 0.29) is 5.56 Å². The first-order valence-electron chi connectivity index (χ1n) is 6.46.